The summed E-state index contributed by atoms with van der Waals surface area (Å²) in [5.41, 5.74) is -0.0783. The van der Waals surface area contributed by atoms with Crippen molar-refractivity contribution in [3.63, 3.8) is 0 Å². The Bertz CT molecular complexity index is 1520. The van der Waals surface area contributed by atoms with Gasteiger partial charge in [0.2, 0.25) is 17.7 Å². The van der Waals surface area contributed by atoms with E-state index in [1.165, 1.54) is 5.06 Å². The number of ether oxygens (including phenoxy) is 1. The molecule has 12 heteroatoms. The molecule has 0 aromatic heterocycles. The molecule has 0 bridgehead atoms. The molecule has 4 amide bonds. The van der Waals surface area contributed by atoms with Crippen molar-refractivity contribution >= 4 is 29.6 Å². The molecule has 1 aromatic carbocycles. The van der Waals surface area contributed by atoms with Gasteiger partial charge in [-0.05, 0) is 103 Å². The van der Waals surface area contributed by atoms with Crippen LogP contribution >= 0.6 is 0 Å². The average Bonchev–Trinajstić information content (AvgIpc) is 3.62. The maximum absolute atomic E-state index is 14.2. The van der Waals surface area contributed by atoms with Crippen LogP contribution < -0.4 is 16.0 Å². The smallest absolute Gasteiger partial charge is 0.407 e. The molecular weight excluding hydrogens is 735 g/mol. The van der Waals surface area contributed by atoms with E-state index >= 15 is 0 Å². The molecule has 4 N–H and O–H groups in total. The van der Waals surface area contributed by atoms with Gasteiger partial charge < -0.3 is 30.8 Å². The molecule has 0 radical (unpaired) electrons. The van der Waals surface area contributed by atoms with Crippen molar-refractivity contribution in [1.29, 1.82) is 0 Å². The quantitative estimate of drug-likeness (QED) is 0.0794. The normalized spacial score (nSPS) is 20.5. The van der Waals surface area contributed by atoms with Gasteiger partial charge in [0.1, 0.15) is 12.1 Å². The fraction of sp³-hybridized carbons (Fsp3) is 0.717. The summed E-state index contributed by atoms with van der Waals surface area (Å²) in [7, 11) is 0. The van der Waals surface area contributed by atoms with Gasteiger partial charge >= 0.3 is 6.09 Å². The van der Waals surface area contributed by atoms with Crippen molar-refractivity contribution in [2.75, 3.05) is 13.1 Å². The Morgan fingerprint density at radius 1 is 0.914 bits per heavy atom. The Hall–Kier alpha value is -3.77. The topological polar surface area (TPSA) is 157 Å². The summed E-state index contributed by atoms with van der Waals surface area (Å²) in [6.07, 6.45) is 7.58. The molecule has 5 atom stereocenters. The van der Waals surface area contributed by atoms with E-state index in [-0.39, 0.29) is 54.5 Å². The first-order valence-corrected chi connectivity index (χ1v) is 21.7. The molecule has 12 nitrogen and oxygen atoms in total. The predicted molar refractivity (Wildman–Crippen MR) is 228 cm³/mol. The van der Waals surface area contributed by atoms with Crippen LogP contribution in [0.2, 0.25) is 0 Å². The summed E-state index contributed by atoms with van der Waals surface area (Å²) in [6, 6.07) is 8.24. The third-order valence-corrected chi connectivity index (χ3v) is 11.4. The van der Waals surface area contributed by atoms with Crippen molar-refractivity contribution in [3.05, 3.63) is 48.0 Å². The molecular formula is C46H75N5O7. The molecule has 0 unspecified atom stereocenters. The number of allylic oxidation sites excluding steroid dienone is 1. The van der Waals surface area contributed by atoms with E-state index < -0.39 is 41.1 Å². The predicted octanol–water partition coefficient (Wildman–Crippen LogP) is 7.23. The number of piperidine rings is 1. The Morgan fingerprint density at radius 3 is 2.14 bits per heavy atom. The van der Waals surface area contributed by atoms with Gasteiger partial charge in [-0.2, -0.15) is 5.06 Å². The number of amides is 4. The first-order chi connectivity index (χ1) is 27.1. The largest absolute Gasteiger partial charge is 0.446 e. The number of carbonyl (C=O) groups excluding carboxylic acids is 5. The molecule has 2 heterocycles. The van der Waals surface area contributed by atoms with E-state index in [0.29, 0.717) is 63.3 Å². The highest BCUT2D eigenvalue weighted by atomic mass is 16.6. The van der Waals surface area contributed by atoms with Gasteiger partial charge in [0.25, 0.3) is 0 Å². The maximum atomic E-state index is 14.2. The van der Waals surface area contributed by atoms with Crippen LogP contribution in [-0.4, -0.2) is 93.2 Å². The minimum absolute atomic E-state index is 0.0815. The first kappa shape index (κ1) is 48.6. The van der Waals surface area contributed by atoms with Crippen molar-refractivity contribution in [2.24, 2.45) is 29.6 Å². The van der Waals surface area contributed by atoms with Gasteiger partial charge in [0.15, 0.2) is 5.78 Å². The summed E-state index contributed by atoms with van der Waals surface area (Å²) < 4.78 is 5.73. The standard InChI is InChI=1S/C46H75N5O7/c1-30(2)25-33(7)21-22-36(26-34-17-13-12-14-18-34)43(55)50-24-16-20-38(50)42(54)49-40(31(3)4)39(52)27-35(41(53)48-32(5)6)19-15-23-47-44(56)58-37-28-45(8,9)51(57)46(10,11)29-37/h12-14,17-18,21-22,30-33,35-38,40,57H,15-16,19-20,23-29H2,1-11H3,(H,47,56)(H,48,53)(H,49,54)/b22-21+/t33-,35-,36-,38+,40+/m1/s1. The van der Waals surface area contributed by atoms with E-state index in [4.69, 9.17) is 4.74 Å². The second kappa shape index (κ2) is 22.0. The van der Waals surface area contributed by atoms with Gasteiger partial charge in [0, 0.05) is 55.4 Å². The fourth-order valence-electron chi connectivity index (χ4n) is 8.73. The number of hydrogen-bond acceptors (Lipinski definition) is 8. The Kier molecular flexibility index (Phi) is 18.4. The van der Waals surface area contributed by atoms with Crippen LogP contribution in [-0.2, 0) is 30.3 Å². The number of hydrogen-bond donors (Lipinski definition) is 4. The average molecular weight is 810 g/mol. The molecule has 326 valence electrons. The highest BCUT2D eigenvalue weighted by Gasteiger charge is 2.46. The summed E-state index contributed by atoms with van der Waals surface area (Å²) in [5, 5.41) is 20.6. The van der Waals surface area contributed by atoms with Gasteiger partial charge in [-0.1, -0.05) is 77.1 Å². The minimum atomic E-state index is -0.844. The molecule has 2 fully saturated rings. The number of ketones is 1. The van der Waals surface area contributed by atoms with Crippen LogP contribution in [0.4, 0.5) is 4.79 Å². The van der Waals surface area contributed by atoms with Gasteiger partial charge in [-0.25, -0.2) is 4.79 Å². The third kappa shape index (κ3) is 14.8. The van der Waals surface area contributed by atoms with E-state index in [9.17, 15) is 29.2 Å². The lowest BCUT2D eigenvalue weighted by Crippen LogP contribution is -2.60. The number of benzene rings is 1. The van der Waals surface area contributed by atoms with Crippen LogP contribution in [0.15, 0.2) is 42.5 Å². The number of alkyl carbamates (subject to hydrolysis) is 1. The number of likely N-dealkylation sites (tertiary alicyclic amines) is 1. The zero-order chi connectivity index (χ0) is 43.4. The van der Waals surface area contributed by atoms with Crippen molar-refractivity contribution < 1.29 is 33.9 Å². The maximum Gasteiger partial charge on any atom is 0.407 e. The molecule has 1 aromatic rings. The minimum Gasteiger partial charge on any atom is -0.446 e. The van der Waals surface area contributed by atoms with Crippen molar-refractivity contribution in [1.82, 2.24) is 25.9 Å². The highest BCUT2D eigenvalue weighted by molar-refractivity contribution is 5.95. The number of nitrogens with one attached hydrogen (secondary N) is 3. The van der Waals surface area contributed by atoms with Crippen LogP contribution in [0, 0.1) is 29.6 Å². The Balaban J connectivity index is 1.66. The van der Waals surface area contributed by atoms with Crippen molar-refractivity contribution in [2.45, 2.75) is 169 Å². The van der Waals surface area contributed by atoms with E-state index in [2.05, 4.69) is 42.8 Å². The molecule has 0 saturated carbocycles. The zero-order valence-corrected chi connectivity index (χ0v) is 37.3. The van der Waals surface area contributed by atoms with Gasteiger partial charge in [-0.3, -0.25) is 19.2 Å². The number of hydroxylamine groups is 2. The molecule has 0 spiro atoms. The first-order valence-electron chi connectivity index (χ1n) is 21.7. The number of rotatable bonds is 20. The molecule has 2 saturated heterocycles. The van der Waals surface area contributed by atoms with Crippen molar-refractivity contribution in [3.8, 4) is 0 Å². The monoisotopic (exact) mass is 810 g/mol. The summed E-state index contributed by atoms with van der Waals surface area (Å²) >= 11 is 0. The lowest BCUT2D eigenvalue weighted by atomic mass is 9.80. The second-order valence-corrected chi connectivity index (χ2v) is 19.2. The van der Waals surface area contributed by atoms with Crippen LogP contribution in [0.3, 0.4) is 0 Å². The summed E-state index contributed by atoms with van der Waals surface area (Å²) in [4.78, 5) is 70.0. The van der Waals surface area contributed by atoms with Gasteiger partial charge in [0.05, 0.1) is 12.0 Å². The zero-order valence-electron chi connectivity index (χ0n) is 37.3. The van der Waals surface area contributed by atoms with E-state index in [1.807, 2.05) is 91.8 Å². The lowest BCUT2D eigenvalue weighted by Gasteiger charge is -2.50. The Morgan fingerprint density at radius 2 is 1.55 bits per heavy atom. The Labute approximate surface area is 348 Å². The van der Waals surface area contributed by atoms with E-state index in [1.54, 1.807) is 4.90 Å². The number of carbonyl (C=O) groups is 5. The number of nitrogens with zero attached hydrogens (tertiary/aromatic N) is 2. The molecule has 2 aliphatic rings. The molecule has 0 aliphatic carbocycles. The summed E-state index contributed by atoms with van der Waals surface area (Å²) in [5.74, 6) is -1.46. The molecule has 2 aliphatic heterocycles. The molecule has 3 rings (SSSR count). The molecule has 58 heavy (non-hydrogen) atoms. The van der Waals surface area contributed by atoms with Crippen LogP contribution in [0.1, 0.15) is 133 Å². The highest BCUT2D eigenvalue weighted by Crippen LogP contribution is 2.38. The fourth-order valence-corrected chi connectivity index (χ4v) is 8.73. The summed E-state index contributed by atoms with van der Waals surface area (Å²) in [6.45, 7) is 22.3. The number of Topliss-reactive ketones (excluding diaryl/α,β-unsaturated/α-hetero) is 1. The van der Waals surface area contributed by atoms with E-state index in [0.717, 1.165) is 12.0 Å². The SMILES string of the molecule is CC(C)C[C@H](C)/C=C/[C@H](Cc1ccccc1)C(=O)N1CCC[C@H]1C(=O)N[C@H](C(=O)C[C@@H](CCCNC(=O)OC1CC(C)(C)N(O)C(C)(C)C1)C(=O)NC(C)C)C(C)C. The second-order valence-electron chi connectivity index (χ2n) is 19.2. The van der Waals surface area contributed by atoms with Crippen LogP contribution in [0.25, 0.3) is 0 Å². The van der Waals surface area contributed by atoms with Crippen LogP contribution in [0.5, 0.6) is 0 Å². The van der Waals surface area contributed by atoms with Gasteiger partial charge in [-0.15, -0.1) is 0 Å². The lowest BCUT2D eigenvalue weighted by molar-refractivity contribution is -0.256. The third-order valence-electron chi connectivity index (χ3n) is 11.4.